The molecule has 0 unspecified atom stereocenters. The minimum Gasteiger partial charge on any atom is -0.497 e. The molecule has 8 heteroatoms. The van der Waals surface area contributed by atoms with Gasteiger partial charge in [-0.25, -0.2) is 0 Å². The summed E-state index contributed by atoms with van der Waals surface area (Å²) in [5.74, 6) is 5.75. The summed E-state index contributed by atoms with van der Waals surface area (Å²) in [4.78, 5) is 0. The van der Waals surface area contributed by atoms with Crippen molar-refractivity contribution in [1.29, 1.82) is 0 Å². The van der Waals surface area contributed by atoms with Crippen molar-refractivity contribution in [2.75, 3.05) is 42.0 Å². The Balaban J connectivity index is 1.31. The van der Waals surface area contributed by atoms with Crippen LogP contribution in [0.4, 0.5) is 0 Å². The highest BCUT2D eigenvalue weighted by molar-refractivity contribution is 5.73. The molecule has 0 saturated carbocycles. The van der Waals surface area contributed by atoms with Crippen LogP contribution in [0.15, 0.2) is 60.7 Å². The predicted octanol–water partition coefficient (Wildman–Crippen LogP) is 6.42. The molecular formula is C34H34O8. The summed E-state index contributed by atoms with van der Waals surface area (Å²) in [6.45, 7) is 0.406. The van der Waals surface area contributed by atoms with Gasteiger partial charge in [-0.05, 0) is 108 Å². The molecule has 0 fully saturated rings. The Hall–Kier alpha value is -4.72. The van der Waals surface area contributed by atoms with Crippen LogP contribution in [0.5, 0.6) is 46.0 Å². The van der Waals surface area contributed by atoms with E-state index in [4.69, 9.17) is 37.9 Å². The van der Waals surface area contributed by atoms with Crippen LogP contribution in [-0.4, -0.2) is 42.0 Å². The summed E-state index contributed by atoms with van der Waals surface area (Å²) in [6.07, 6.45) is 3.16. The number of ether oxygens (including phenoxy) is 8. The topological polar surface area (TPSA) is 73.8 Å². The maximum Gasteiger partial charge on any atom is 0.231 e. The summed E-state index contributed by atoms with van der Waals surface area (Å²) in [7, 11) is 6.68. The van der Waals surface area contributed by atoms with Gasteiger partial charge in [-0.1, -0.05) is 12.1 Å². The molecular weight excluding hydrogens is 536 g/mol. The van der Waals surface area contributed by atoms with Crippen molar-refractivity contribution in [1.82, 2.24) is 0 Å². The number of fused-ring (bicyclic) bond motifs is 2. The minimum absolute atomic E-state index is 0.203. The SMILES string of the molecule is COc1ccc(-c2ccc(OC)cc2CCc2cc(OC)c3c(c2)OCO3)c(CCc2cc(OC)c3c(c2)OCO3)c1. The number of aryl methyl sites for hydroxylation is 4. The maximum absolute atomic E-state index is 5.65. The van der Waals surface area contributed by atoms with Crippen LogP contribution in [0.2, 0.25) is 0 Å². The molecule has 0 saturated heterocycles. The lowest BCUT2D eigenvalue weighted by Crippen LogP contribution is -2.01. The number of benzene rings is 4. The van der Waals surface area contributed by atoms with E-state index in [2.05, 4.69) is 24.3 Å². The summed E-state index contributed by atoms with van der Waals surface area (Å²) >= 11 is 0. The second-order valence-corrected chi connectivity index (χ2v) is 10.1. The van der Waals surface area contributed by atoms with Crippen LogP contribution in [0.25, 0.3) is 11.1 Å². The molecule has 4 aromatic rings. The van der Waals surface area contributed by atoms with Crippen molar-refractivity contribution < 1.29 is 37.9 Å². The van der Waals surface area contributed by atoms with Crippen molar-refractivity contribution in [3.63, 3.8) is 0 Å². The fraction of sp³-hybridized carbons (Fsp3) is 0.294. The van der Waals surface area contributed by atoms with E-state index in [0.29, 0.717) is 34.5 Å². The molecule has 0 amide bonds. The van der Waals surface area contributed by atoms with Gasteiger partial charge < -0.3 is 37.9 Å². The first kappa shape index (κ1) is 27.4. The van der Waals surface area contributed by atoms with Gasteiger partial charge in [0.15, 0.2) is 23.0 Å². The van der Waals surface area contributed by atoms with Gasteiger partial charge in [-0.3, -0.25) is 0 Å². The third kappa shape index (κ3) is 5.44. The average molecular weight is 571 g/mol. The molecule has 0 aromatic heterocycles. The third-order valence-electron chi connectivity index (χ3n) is 7.72. The summed E-state index contributed by atoms with van der Waals surface area (Å²) in [6, 6.07) is 20.7. The molecule has 2 aliphatic rings. The minimum atomic E-state index is 0.203. The second-order valence-electron chi connectivity index (χ2n) is 10.1. The molecule has 2 heterocycles. The number of rotatable bonds is 11. The highest BCUT2D eigenvalue weighted by atomic mass is 16.7. The zero-order valence-electron chi connectivity index (χ0n) is 24.3. The van der Waals surface area contributed by atoms with Crippen LogP contribution in [0, 0.1) is 0 Å². The molecule has 218 valence electrons. The van der Waals surface area contributed by atoms with E-state index in [9.17, 15) is 0 Å². The van der Waals surface area contributed by atoms with Gasteiger partial charge in [0.2, 0.25) is 25.1 Å². The van der Waals surface area contributed by atoms with Crippen molar-refractivity contribution in [2.24, 2.45) is 0 Å². The maximum atomic E-state index is 5.65. The van der Waals surface area contributed by atoms with Crippen LogP contribution >= 0.6 is 0 Å². The molecule has 4 aromatic carbocycles. The van der Waals surface area contributed by atoms with Crippen LogP contribution in [0.3, 0.4) is 0 Å². The van der Waals surface area contributed by atoms with Crippen molar-refractivity contribution in [3.05, 3.63) is 82.9 Å². The molecule has 8 nitrogen and oxygen atoms in total. The molecule has 0 aliphatic carbocycles. The average Bonchev–Trinajstić information content (AvgIpc) is 3.71. The van der Waals surface area contributed by atoms with E-state index >= 15 is 0 Å². The standard InChI is InChI=1S/C34H34O8/c1-35-25-9-11-27(23(17-25)7-5-21-13-29(37-3)33-31(15-21)39-19-41-33)28-12-10-26(36-2)18-24(28)8-6-22-14-30(38-4)34-32(16-22)40-20-42-34/h9-18H,5-8,19-20H2,1-4H3. The van der Waals surface area contributed by atoms with Gasteiger partial charge >= 0.3 is 0 Å². The lowest BCUT2D eigenvalue weighted by molar-refractivity contribution is 0.171. The molecule has 0 radical (unpaired) electrons. The van der Waals surface area contributed by atoms with Crippen LogP contribution < -0.4 is 37.9 Å². The Morgan fingerprint density at radius 3 is 1.36 bits per heavy atom. The number of hydrogen-bond acceptors (Lipinski definition) is 8. The van der Waals surface area contributed by atoms with Crippen LogP contribution in [0.1, 0.15) is 22.3 Å². The van der Waals surface area contributed by atoms with E-state index < -0.39 is 0 Å². The van der Waals surface area contributed by atoms with Gasteiger partial charge in [-0.2, -0.15) is 0 Å². The van der Waals surface area contributed by atoms with E-state index in [-0.39, 0.29) is 13.6 Å². The Bertz CT molecular complexity index is 1480. The van der Waals surface area contributed by atoms with E-state index in [1.807, 2.05) is 36.4 Å². The van der Waals surface area contributed by atoms with Crippen molar-refractivity contribution in [2.45, 2.75) is 25.7 Å². The first-order valence-electron chi connectivity index (χ1n) is 13.9. The smallest absolute Gasteiger partial charge is 0.231 e. The highest BCUT2D eigenvalue weighted by Crippen LogP contribution is 2.43. The summed E-state index contributed by atoms with van der Waals surface area (Å²) < 4.78 is 44.8. The van der Waals surface area contributed by atoms with Crippen LogP contribution in [-0.2, 0) is 25.7 Å². The molecule has 6 rings (SSSR count). The van der Waals surface area contributed by atoms with Gasteiger partial charge in [0.1, 0.15) is 11.5 Å². The van der Waals surface area contributed by atoms with Crippen molar-refractivity contribution >= 4 is 0 Å². The number of methoxy groups -OCH3 is 4. The number of hydrogen-bond donors (Lipinski definition) is 0. The van der Waals surface area contributed by atoms with Gasteiger partial charge in [0.25, 0.3) is 0 Å². The third-order valence-corrected chi connectivity index (χ3v) is 7.72. The lowest BCUT2D eigenvalue weighted by atomic mass is 9.89. The van der Waals surface area contributed by atoms with Gasteiger partial charge in [0, 0.05) is 0 Å². The zero-order chi connectivity index (χ0) is 29.1. The van der Waals surface area contributed by atoms with E-state index in [0.717, 1.165) is 59.4 Å². The molecule has 0 N–H and O–H groups in total. The Morgan fingerprint density at radius 1 is 0.500 bits per heavy atom. The molecule has 0 bridgehead atoms. The van der Waals surface area contributed by atoms with Gasteiger partial charge in [0.05, 0.1) is 28.4 Å². The fourth-order valence-corrected chi connectivity index (χ4v) is 5.55. The summed E-state index contributed by atoms with van der Waals surface area (Å²) in [5.41, 5.74) is 6.89. The lowest BCUT2D eigenvalue weighted by Gasteiger charge is -2.17. The monoisotopic (exact) mass is 570 g/mol. The van der Waals surface area contributed by atoms with Crippen molar-refractivity contribution in [3.8, 4) is 57.1 Å². The largest absolute Gasteiger partial charge is 0.497 e. The first-order valence-corrected chi connectivity index (χ1v) is 13.9. The second kappa shape index (κ2) is 12.0. The zero-order valence-corrected chi connectivity index (χ0v) is 24.3. The Labute approximate surface area is 245 Å². The summed E-state index contributed by atoms with van der Waals surface area (Å²) in [5, 5.41) is 0. The quantitative estimate of drug-likeness (QED) is 0.205. The normalized spacial score (nSPS) is 12.8. The molecule has 0 atom stereocenters. The molecule has 0 spiro atoms. The van der Waals surface area contributed by atoms with Gasteiger partial charge in [-0.15, -0.1) is 0 Å². The first-order chi connectivity index (χ1) is 20.6. The highest BCUT2D eigenvalue weighted by Gasteiger charge is 2.22. The predicted molar refractivity (Wildman–Crippen MR) is 158 cm³/mol. The Kier molecular flexibility index (Phi) is 7.86. The fourth-order valence-electron chi connectivity index (χ4n) is 5.55. The van der Waals surface area contributed by atoms with E-state index in [1.54, 1.807) is 28.4 Å². The molecule has 42 heavy (non-hydrogen) atoms. The molecule has 2 aliphatic heterocycles. The van der Waals surface area contributed by atoms with E-state index in [1.165, 1.54) is 11.1 Å². The Morgan fingerprint density at radius 2 is 0.952 bits per heavy atom.